The number of aliphatic carboxylic acids is 1. The molecule has 1 aromatic heterocycles. The molecule has 1 aromatic rings. The number of carbonyl (C=O) groups is 2. The third-order valence-electron chi connectivity index (χ3n) is 2.80. The molecule has 0 unspecified atom stereocenters. The van der Waals surface area contributed by atoms with Gasteiger partial charge in [-0.25, -0.2) is 4.79 Å². The summed E-state index contributed by atoms with van der Waals surface area (Å²) in [6, 6.07) is 1.82. The molecule has 98 valence electrons. The average Bonchev–Trinajstić information content (AvgIpc) is 2.65. The van der Waals surface area contributed by atoms with E-state index in [1.165, 1.54) is 0 Å². The molecule has 0 radical (unpaired) electrons. The third-order valence-corrected chi connectivity index (χ3v) is 4.73. The number of nitrogens with one attached hydrogen (secondary N) is 1. The summed E-state index contributed by atoms with van der Waals surface area (Å²) >= 11 is 4.98. The van der Waals surface area contributed by atoms with Gasteiger partial charge in [0, 0.05) is 28.4 Å². The molecule has 2 heterocycles. The number of urea groups is 1. The van der Waals surface area contributed by atoms with Crippen LogP contribution in [0.15, 0.2) is 15.9 Å². The van der Waals surface area contributed by atoms with E-state index >= 15 is 0 Å². The Bertz CT molecular complexity index is 457. The lowest BCUT2D eigenvalue weighted by Gasteiger charge is -2.38. The second-order valence-corrected chi connectivity index (χ2v) is 6.07. The van der Waals surface area contributed by atoms with Crippen LogP contribution in [0, 0.1) is 5.92 Å². The maximum atomic E-state index is 11.7. The second kappa shape index (κ2) is 5.71. The molecule has 1 saturated heterocycles. The minimum atomic E-state index is -0.803. The quantitative estimate of drug-likeness (QED) is 0.887. The van der Waals surface area contributed by atoms with Crippen molar-refractivity contribution in [1.29, 1.82) is 0 Å². The van der Waals surface area contributed by atoms with Gasteiger partial charge >= 0.3 is 12.0 Å². The fraction of sp³-hybridized carbons (Fsp3) is 0.455. The Morgan fingerprint density at radius 1 is 1.56 bits per heavy atom. The molecule has 7 heteroatoms. The van der Waals surface area contributed by atoms with Gasteiger partial charge in [0.25, 0.3) is 0 Å². The Balaban J connectivity index is 1.71. The van der Waals surface area contributed by atoms with Crippen LogP contribution in [0.3, 0.4) is 0 Å². The summed E-state index contributed by atoms with van der Waals surface area (Å²) in [6.07, 6.45) is 0.139. The van der Waals surface area contributed by atoms with Crippen molar-refractivity contribution in [1.82, 2.24) is 10.2 Å². The van der Waals surface area contributed by atoms with E-state index in [0.29, 0.717) is 19.6 Å². The largest absolute Gasteiger partial charge is 0.481 e. The SMILES string of the molecule is O=C(O)CC1CN(C(=O)NCc2sccc2Br)C1. The third kappa shape index (κ3) is 3.23. The average molecular weight is 333 g/mol. The van der Waals surface area contributed by atoms with Crippen LogP contribution in [0.2, 0.25) is 0 Å². The lowest BCUT2D eigenvalue weighted by Crippen LogP contribution is -2.54. The van der Waals surface area contributed by atoms with Gasteiger partial charge in [-0.3, -0.25) is 4.79 Å². The van der Waals surface area contributed by atoms with Crippen molar-refractivity contribution in [2.75, 3.05) is 13.1 Å². The number of thiophene rings is 1. The number of amides is 2. The van der Waals surface area contributed by atoms with Gasteiger partial charge in [-0.05, 0) is 27.4 Å². The molecule has 0 bridgehead atoms. The van der Waals surface area contributed by atoms with E-state index < -0.39 is 5.97 Å². The molecular weight excluding hydrogens is 320 g/mol. The van der Waals surface area contributed by atoms with Gasteiger partial charge in [0.1, 0.15) is 0 Å². The van der Waals surface area contributed by atoms with E-state index in [9.17, 15) is 9.59 Å². The monoisotopic (exact) mass is 332 g/mol. The first-order valence-corrected chi connectivity index (χ1v) is 7.20. The number of hydrogen-bond donors (Lipinski definition) is 2. The second-order valence-electron chi connectivity index (χ2n) is 4.22. The van der Waals surface area contributed by atoms with Gasteiger partial charge in [0.15, 0.2) is 0 Å². The van der Waals surface area contributed by atoms with Gasteiger partial charge < -0.3 is 15.3 Å². The van der Waals surface area contributed by atoms with E-state index in [-0.39, 0.29) is 18.4 Å². The Morgan fingerprint density at radius 3 is 2.83 bits per heavy atom. The maximum absolute atomic E-state index is 11.7. The molecule has 0 atom stereocenters. The molecule has 0 aromatic carbocycles. The standard InChI is InChI=1S/C11H13BrN2O3S/c12-8-1-2-18-9(8)4-13-11(17)14-5-7(6-14)3-10(15)16/h1-2,7H,3-6H2,(H,13,17)(H,15,16). The molecule has 2 rings (SSSR count). The van der Waals surface area contributed by atoms with Gasteiger partial charge in [-0.2, -0.15) is 0 Å². The smallest absolute Gasteiger partial charge is 0.317 e. The number of hydrogen-bond acceptors (Lipinski definition) is 3. The summed E-state index contributed by atoms with van der Waals surface area (Å²) in [5.41, 5.74) is 0. The Kier molecular flexibility index (Phi) is 4.23. The summed E-state index contributed by atoms with van der Waals surface area (Å²) in [5, 5.41) is 13.4. The van der Waals surface area contributed by atoms with E-state index in [2.05, 4.69) is 21.2 Å². The summed E-state index contributed by atoms with van der Waals surface area (Å²) in [4.78, 5) is 24.9. The number of carboxylic acids is 1. The lowest BCUT2D eigenvalue weighted by molar-refractivity contribution is -0.139. The lowest BCUT2D eigenvalue weighted by atomic mass is 9.97. The molecule has 5 nitrogen and oxygen atoms in total. The van der Waals surface area contributed by atoms with E-state index in [1.54, 1.807) is 16.2 Å². The van der Waals surface area contributed by atoms with E-state index in [0.717, 1.165) is 9.35 Å². The van der Waals surface area contributed by atoms with Gasteiger partial charge in [-0.15, -0.1) is 11.3 Å². The number of nitrogens with zero attached hydrogens (tertiary/aromatic N) is 1. The topological polar surface area (TPSA) is 69.6 Å². The number of likely N-dealkylation sites (tertiary alicyclic amines) is 1. The van der Waals surface area contributed by atoms with Crippen molar-refractivity contribution >= 4 is 39.3 Å². The molecule has 1 aliphatic heterocycles. The van der Waals surface area contributed by atoms with Crippen LogP contribution < -0.4 is 5.32 Å². The van der Waals surface area contributed by atoms with Crippen molar-refractivity contribution in [2.24, 2.45) is 5.92 Å². The highest BCUT2D eigenvalue weighted by Crippen LogP contribution is 2.23. The highest BCUT2D eigenvalue weighted by Gasteiger charge is 2.31. The zero-order valence-electron chi connectivity index (χ0n) is 9.56. The molecule has 1 fully saturated rings. The van der Waals surface area contributed by atoms with Crippen molar-refractivity contribution in [3.8, 4) is 0 Å². The highest BCUT2D eigenvalue weighted by atomic mass is 79.9. The molecule has 0 aliphatic carbocycles. The number of rotatable bonds is 4. The summed E-state index contributed by atoms with van der Waals surface area (Å²) in [6.45, 7) is 1.56. The zero-order valence-corrected chi connectivity index (χ0v) is 12.0. The van der Waals surface area contributed by atoms with Gasteiger partial charge in [-0.1, -0.05) is 0 Å². The number of carboxylic acid groups (broad SMARTS) is 1. The number of carbonyl (C=O) groups excluding carboxylic acids is 1. The number of halogens is 1. The van der Waals surface area contributed by atoms with Crippen LogP contribution in [0.4, 0.5) is 4.79 Å². The molecule has 2 N–H and O–H groups in total. The Labute approximate surface area is 117 Å². The van der Waals surface area contributed by atoms with Crippen molar-refractivity contribution < 1.29 is 14.7 Å². The first kappa shape index (κ1) is 13.4. The molecular formula is C11H13BrN2O3S. The zero-order chi connectivity index (χ0) is 13.1. The fourth-order valence-corrected chi connectivity index (χ4v) is 3.26. The Hall–Kier alpha value is -1.08. The van der Waals surface area contributed by atoms with Crippen LogP contribution in [0.5, 0.6) is 0 Å². The summed E-state index contributed by atoms with van der Waals surface area (Å²) in [5.74, 6) is -0.704. The molecule has 0 spiro atoms. The molecule has 1 aliphatic rings. The highest BCUT2D eigenvalue weighted by molar-refractivity contribution is 9.10. The Morgan fingerprint density at radius 2 is 2.28 bits per heavy atom. The predicted octanol–water partition coefficient (Wildman–Crippen LogP) is 2.13. The van der Waals surface area contributed by atoms with E-state index in [4.69, 9.17) is 5.11 Å². The fourth-order valence-electron chi connectivity index (χ4n) is 1.83. The van der Waals surface area contributed by atoms with Crippen LogP contribution in [0.1, 0.15) is 11.3 Å². The van der Waals surface area contributed by atoms with Crippen molar-refractivity contribution in [2.45, 2.75) is 13.0 Å². The minimum Gasteiger partial charge on any atom is -0.481 e. The van der Waals surface area contributed by atoms with Crippen molar-refractivity contribution in [3.05, 3.63) is 20.8 Å². The maximum Gasteiger partial charge on any atom is 0.317 e. The molecule has 18 heavy (non-hydrogen) atoms. The summed E-state index contributed by atoms with van der Waals surface area (Å²) in [7, 11) is 0. The summed E-state index contributed by atoms with van der Waals surface area (Å²) < 4.78 is 1.00. The van der Waals surface area contributed by atoms with E-state index in [1.807, 2.05) is 11.4 Å². The van der Waals surface area contributed by atoms with Gasteiger partial charge in [0.2, 0.25) is 0 Å². The first-order chi connectivity index (χ1) is 8.56. The predicted molar refractivity (Wildman–Crippen MR) is 71.6 cm³/mol. The molecule has 0 saturated carbocycles. The van der Waals surface area contributed by atoms with Gasteiger partial charge in [0.05, 0.1) is 13.0 Å². The normalized spacial score (nSPS) is 15.3. The van der Waals surface area contributed by atoms with Crippen LogP contribution >= 0.6 is 27.3 Å². The van der Waals surface area contributed by atoms with Crippen LogP contribution in [-0.2, 0) is 11.3 Å². The van der Waals surface area contributed by atoms with Crippen LogP contribution in [0.25, 0.3) is 0 Å². The first-order valence-electron chi connectivity index (χ1n) is 5.52. The van der Waals surface area contributed by atoms with Crippen molar-refractivity contribution in [3.63, 3.8) is 0 Å². The molecule has 2 amide bonds. The van der Waals surface area contributed by atoms with Crippen LogP contribution in [-0.4, -0.2) is 35.1 Å². The minimum absolute atomic E-state index is 0.0988.